The summed E-state index contributed by atoms with van der Waals surface area (Å²) in [7, 11) is 0. The molecule has 0 bridgehead atoms. The van der Waals surface area contributed by atoms with Crippen LogP contribution in [0.5, 0.6) is 0 Å². The Morgan fingerprint density at radius 2 is 1.66 bits per heavy atom. The van der Waals surface area contributed by atoms with Crippen molar-refractivity contribution in [2.45, 2.75) is 20.0 Å². The molecule has 9 nitrogen and oxygen atoms in total. The second-order valence-corrected chi connectivity index (χ2v) is 7.29. The lowest BCUT2D eigenvalue weighted by Gasteiger charge is -2.16. The molecule has 3 aromatic carbocycles. The molecule has 1 atom stereocenters. The zero-order valence-corrected chi connectivity index (χ0v) is 17.8. The van der Waals surface area contributed by atoms with E-state index >= 15 is 0 Å². The van der Waals surface area contributed by atoms with Crippen molar-refractivity contribution < 1.29 is 24.0 Å². The summed E-state index contributed by atoms with van der Waals surface area (Å²) in [5.41, 5.74) is 0.253. The molecule has 0 heterocycles. The van der Waals surface area contributed by atoms with Gasteiger partial charge in [0.25, 0.3) is 11.6 Å². The largest absolute Gasteiger partial charge is 0.449 e. The molecule has 0 aromatic heterocycles. The lowest BCUT2D eigenvalue weighted by Crippen LogP contribution is -2.30. The molecule has 3 rings (SSSR count). The third-order valence-corrected chi connectivity index (χ3v) is 4.80. The van der Waals surface area contributed by atoms with Crippen LogP contribution in [0, 0.1) is 10.1 Å². The van der Waals surface area contributed by atoms with E-state index < -0.39 is 22.9 Å². The molecule has 10 heteroatoms. The summed E-state index contributed by atoms with van der Waals surface area (Å²) in [5.74, 6) is -1.86. The summed E-state index contributed by atoms with van der Waals surface area (Å²) in [6.07, 6.45) is -1.22. The SMILES string of the molecule is CC(=O)Nc1cc2ccccc2cc1C(=O)OC(C)C(=O)Nc1ccc([N+](=O)[O-])cc1Cl. The van der Waals surface area contributed by atoms with Crippen LogP contribution in [0.1, 0.15) is 24.2 Å². The number of ether oxygens (including phenoxy) is 1. The number of fused-ring (bicyclic) bond motifs is 1. The normalized spacial score (nSPS) is 11.5. The number of hydrogen-bond acceptors (Lipinski definition) is 6. The van der Waals surface area contributed by atoms with Crippen LogP contribution in [0.2, 0.25) is 5.02 Å². The first kappa shape index (κ1) is 22.7. The van der Waals surface area contributed by atoms with Crippen LogP contribution in [0.3, 0.4) is 0 Å². The summed E-state index contributed by atoms with van der Waals surface area (Å²) in [5, 5.41) is 17.4. The molecule has 2 N–H and O–H groups in total. The number of amides is 2. The Labute approximate surface area is 187 Å². The van der Waals surface area contributed by atoms with E-state index in [-0.39, 0.29) is 33.6 Å². The van der Waals surface area contributed by atoms with Crippen molar-refractivity contribution in [2.75, 3.05) is 10.6 Å². The monoisotopic (exact) mass is 455 g/mol. The van der Waals surface area contributed by atoms with Crippen molar-refractivity contribution in [2.24, 2.45) is 0 Å². The van der Waals surface area contributed by atoms with Crippen molar-refractivity contribution in [1.29, 1.82) is 0 Å². The van der Waals surface area contributed by atoms with Crippen molar-refractivity contribution >= 4 is 57.2 Å². The van der Waals surface area contributed by atoms with Crippen LogP contribution in [-0.2, 0) is 14.3 Å². The molecule has 2 amide bonds. The van der Waals surface area contributed by atoms with Gasteiger partial charge in [-0.15, -0.1) is 0 Å². The molecule has 0 saturated carbocycles. The first-order chi connectivity index (χ1) is 15.2. The lowest BCUT2D eigenvalue weighted by molar-refractivity contribution is -0.384. The van der Waals surface area contributed by atoms with Gasteiger partial charge in [0.1, 0.15) is 0 Å². The number of carbonyl (C=O) groups is 3. The summed E-state index contributed by atoms with van der Waals surface area (Å²) >= 11 is 5.98. The highest BCUT2D eigenvalue weighted by atomic mass is 35.5. The van der Waals surface area contributed by atoms with Gasteiger partial charge in [0.15, 0.2) is 6.10 Å². The molecule has 1 unspecified atom stereocenters. The molecule has 3 aromatic rings. The van der Waals surface area contributed by atoms with E-state index in [9.17, 15) is 24.5 Å². The third kappa shape index (κ3) is 5.19. The number of non-ortho nitro benzene ring substituents is 1. The molecule has 0 aliphatic heterocycles. The Hall–Kier alpha value is -3.98. The van der Waals surface area contributed by atoms with Gasteiger partial charge in [0.2, 0.25) is 5.91 Å². The van der Waals surface area contributed by atoms with E-state index in [1.165, 1.54) is 26.0 Å². The Morgan fingerprint density at radius 1 is 1.00 bits per heavy atom. The standard InChI is InChI=1S/C22H18ClN3O6/c1-12(21(28)25-19-8-7-16(26(30)31)11-18(19)23)32-22(29)17-9-14-5-3-4-6-15(14)10-20(17)24-13(2)27/h3-12H,1-2H3,(H,24,27)(H,25,28). The van der Waals surface area contributed by atoms with Crippen LogP contribution >= 0.6 is 11.6 Å². The van der Waals surface area contributed by atoms with Crippen LogP contribution in [0.15, 0.2) is 54.6 Å². The third-order valence-electron chi connectivity index (χ3n) is 4.49. The minimum Gasteiger partial charge on any atom is -0.449 e. The highest BCUT2D eigenvalue weighted by Crippen LogP contribution is 2.28. The minimum atomic E-state index is -1.22. The van der Waals surface area contributed by atoms with Gasteiger partial charge in [-0.1, -0.05) is 35.9 Å². The summed E-state index contributed by atoms with van der Waals surface area (Å²) < 4.78 is 5.29. The summed E-state index contributed by atoms with van der Waals surface area (Å²) in [4.78, 5) is 47.0. The fraction of sp³-hybridized carbons (Fsp3) is 0.136. The van der Waals surface area contributed by atoms with Gasteiger partial charge in [0, 0.05) is 19.1 Å². The maximum atomic E-state index is 12.8. The molecule has 0 fully saturated rings. The number of carbonyl (C=O) groups excluding carboxylic acids is 3. The second kappa shape index (κ2) is 9.44. The van der Waals surface area contributed by atoms with Crippen LogP contribution in [0.25, 0.3) is 10.8 Å². The first-order valence-corrected chi connectivity index (χ1v) is 9.79. The van der Waals surface area contributed by atoms with Gasteiger partial charge < -0.3 is 15.4 Å². The minimum absolute atomic E-state index is 0.0337. The fourth-order valence-electron chi connectivity index (χ4n) is 2.93. The van der Waals surface area contributed by atoms with Gasteiger partial charge in [0.05, 0.1) is 26.9 Å². The molecule has 32 heavy (non-hydrogen) atoms. The zero-order valence-electron chi connectivity index (χ0n) is 17.0. The predicted molar refractivity (Wildman–Crippen MR) is 120 cm³/mol. The van der Waals surface area contributed by atoms with E-state index in [1.807, 2.05) is 12.1 Å². The topological polar surface area (TPSA) is 128 Å². The molecule has 0 saturated heterocycles. The van der Waals surface area contributed by atoms with Crippen molar-refractivity contribution in [3.63, 3.8) is 0 Å². The maximum absolute atomic E-state index is 12.8. The lowest BCUT2D eigenvalue weighted by atomic mass is 10.0. The van der Waals surface area contributed by atoms with Crippen molar-refractivity contribution in [1.82, 2.24) is 0 Å². The van der Waals surface area contributed by atoms with E-state index in [1.54, 1.807) is 24.3 Å². The van der Waals surface area contributed by atoms with Crippen molar-refractivity contribution in [3.8, 4) is 0 Å². The molecular formula is C22H18ClN3O6. The van der Waals surface area contributed by atoms with E-state index in [2.05, 4.69) is 10.6 Å². The van der Waals surface area contributed by atoms with Crippen LogP contribution in [-0.4, -0.2) is 28.8 Å². The molecular weight excluding hydrogens is 438 g/mol. The predicted octanol–water partition coefficient (Wildman–Crippen LogP) is 4.54. The number of esters is 1. The van der Waals surface area contributed by atoms with Gasteiger partial charge in [-0.05, 0) is 35.9 Å². The fourth-order valence-corrected chi connectivity index (χ4v) is 3.16. The Bertz CT molecular complexity index is 1240. The number of halogens is 1. The molecule has 164 valence electrons. The Kier molecular flexibility index (Phi) is 6.70. The quantitative estimate of drug-likeness (QED) is 0.319. The van der Waals surface area contributed by atoms with Gasteiger partial charge >= 0.3 is 5.97 Å². The number of benzene rings is 3. The molecule has 0 aliphatic rings. The Balaban J connectivity index is 1.79. The highest BCUT2D eigenvalue weighted by Gasteiger charge is 2.23. The average molecular weight is 456 g/mol. The zero-order chi connectivity index (χ0) is 23.4. The van der Waals surface area contributed by atoms with Gasteiger partial charge in [-0.3, -0.25) is 19.7 Å². The smallest absolute Gasteiger partial charge is 0.341 e. The molecule has 0 aliphatic carbocycles. The maximum Gasteiger partial charge on any atom is 0.341 e. The highest BCUT2D eigenvalue weighted by molar-refractivity contribution is 6.34. The van der Waals surface area contributed by atoms with E-state index in [4.69, 9.17) is 16.3 Å². The molecule has 0 radical (unpaired) electrons. The molecule has 0 spiro atoms. The average Bonchev–Trinajstić information content (AvgIpc) is 2.73. The number of nitro benzene ring substituents is 1. The van der Waals surface area contributed by atoms with Gasteiger partial charge in [-0.2, -0.15) is 0 Å². The second-order valence-electron chi connectivity index (χ2n) is 6.88. The number of hydrogen-bond donors (Lipinski definition) is 2. The summed E-state index contributed by atoms with van der Waals surface area (Å²) in [6.45, 7) is 2.68. The van der Waals surface area contributed by atoms with Crippen molar-refractivity contribution in [3.05, 3.63) is 75.3 Å². The van der Waals surface area contributed by atoms with Crippen LogP contribution in [0.4, 0.5) is 17.1 Å². The van der Waals surface area contributed by atoms with E-state index in [0.29, 0.717) is 0 Å². The number of nitrogens with zero attached hydrogens (tertiary/aromatic N) is 1. The summed E-state index contributed by atoms with van der Waals surface area (Å²) in [6, 6.07) is 14.1. The van der Waals surface area contributed by atoms with E-state index in [0.717, 1.165) is 16.8 Å². The number of rotatable bonds is 6. The number of anilines is 2. The van der Waals surface area contributed by atoms with Gasteiger partial charge in [-0.25, -0.2) is 4.79 Å². The number of nitrogens with one attached hydrogen (secondary N) is 2. The first-order valence-electron chi connectivity index (χ1n) is 9.42. The number of nitro groups is 1. The Morgan fingerprint density at radius 3 is 2.25 bits per heavy atom. The van der Waals surface area contributed by atoms with Crippen LogP contribution < -0.4 is 10.6 Å².